The summed E-state index contributed by atoms with van der Waals surface area (Å²) >= 11 is 0. The van der Waals surface area contributed by atoms with E-state index in [2.05, 4.69) is 5.32 Å². The highest BCUT2D eigenvalue weighted by atomic mass is 16.6. The molecule has 0 saturated carbocycles. The summed E-state index contributed by atoms with van der Waals surface area (Å²) in [5, 5.41) is 3.20. The number of benzene rings is 1. The Kier molecular flexibility index (Phi) is 5.58. The van der Waals surface area contributed by atoms with Gasteiger partial charge in [0, 0.05) is 37.6 Å². The molecule has 0 aromatic heterocycles. The molecule has 3 fully saturated rings. The number of nitrogens with one attached hydrogen (secondary N) is 1. The summed E-state index contributed by atoms with van der Waals surface area (Å²) in [6, 6.07) is 9.54. The van der Waals surface area contributed by atoms with Crippen molar-refractivity contribution >= 4 is 18.1 Å². The largest absolute Gasteiger partial charge is 0.445 e. The molecule has 1 aromatic rings. The number of hydrogen-bond acceptors (Lipinski definition) is 5. The highest BCUT2D eigenvalue weighted by Crippen LogP contribution is 2.44. The van der Waals surface area contributed by atoms with Crippen LogP contribution in [0.3, 0.4) is 0 Å². The first-order valence-corrected chi connectivity index (χ1v) is 10.9. The van der Waals surface area contributed by atoms with Gasteiger partial charge in [-0.3, -0.25) is 4.79 Å². The minimum Gasteiger partial charge on any atom is -0.445 e. The van der Waals surface area contributed by atoms with Gasteiger partial charge < -0.3 is 24.6 Å². The van der Waals surface area contributed by atoms with Crippen LogP contribution in [-0.4, -0.2) is 65.2 Å². The normalized spacial score (nSPS) is 24.7. The second-order valence-electron chi connectivity index (χ2n) is 9.77. The zero-order chi connectivity index (χ0) is 22.2. The molecule has 1 N–H and O–H groups in total. The van der Waals surface area contributed by atoms with E-state index in [1.165, 1.54) is 0 Å². The average Bonchev–Trinajstić information content (AvgIpc) is 3.27. The lowest BCUT2D eigenvalue weighted by Crippen LogP contribution is -2.56. The Balaban J connectivity index is 1.35. The highest BCUT2D eigenvalue weighted by Gasteiger charge is 2.58. The van der Waals surface area contributed by atoms with Gasteiger partial charge in [-0.25, -0.2) is 9.59 Å². The predicted molar refractivity (Wildman–Crippen MR) is 113 cm³/mol. The minimum absolute atomic E-state index is 0.00548. The number of rotatable bonds is 2. The lowest BCUT2D eigenvalue weighted by atomic mass is 9.75. The van der Waals surface area contributed by atoms with E-state index >= 15 is 0 Å². The Hall–Kier alpha value is -2.77. The number of nitrogens with zero attached hydrogens (tertiary/aromatic N) is 2. The molecule has 3 amide bonds. The van der Waals surface area contributed by atoms with Crippen LogP contribution in [0.5, 0.6) is 0 Å². The fraction of sp³-hybridized carbons (Fsp3) is 0.609. The first-order chi connectivity index (χ1) is 14.7. The summed E-state index contributed by atoms with van der Waals surface area (Å²) < 4.78 is 10.9. The summed E-state index contributed by atoms with van der Waals surface area (Å²) in [6.45, 7) is 7.68. The molecule has 3 aliphatic rings. The quantitative estimate of drug-likeness (QED) is 0.781. The predicted octanol–water partition coefficient (Wildman–Crippen LogP) is 2.77. The van der Waals surface area contributed by atoms with Gasteiger partial charge in [-0.2, -0.15) is 0 Å². The van der Waals surface area contributed by atoms with E-state index in [-0.39, 0.29) is 42.1 Å². The second kappa shape index (κ2) is 8.05. The number of piperidine rings is 1. The summed E-state index contributed by atoms with van der Waals surface area (Å²) in [5.41, 5.74) is 0.0126. The van der Waals surface area contributed by atoms with Crippen LogP contribution >= 0.6 is 0 Å². The molecule has 1 aromatic carbocycles. The van der Waals surface area contributed by atoms with Crippen LogP contribution in [0.25, 0.3) is 0 Å². The number of carbonyl (C=O) groups excluding carboxylic acids is 3. The van der Waals surface area contributed by atoms with Crippen LogP contribution in [0.4, 0.5) is 9.59 Å². The van der Waals surface area contributed by atoms with E-state index in [1.807, 2.05) is 51.1 Å². The van der Waals surface area contributed by atoms with Gasteiger partial charge in [0.25, 0.3) is 0 Å². The topological polar surface area (TPSA) is 88.2 Å². The number of amides is 3. The zero-order valence-electron chi connectivity index (χ0n) is 18.4. The van der Waals surface area contributed by atoms with Crippen molar-refractivity contribution in [3.05, 3.63) is 35.9 Å². The Morgan fingerprint density at radius 2 is 1.74 bits per heavy atom. The molecule has 1 spiro atoms. The average molecular weight is 430 g/mol. The van der Waals surface area contributed by atoms with Gasteiger partial charge in [0.05, 0.1) is 5.92 Å². The first-order valence-electron chi connectivity index (χ1n) is 10.9. The third-order valence-electron chi connectivity index (χ3n) is 6.51. The lowest BCUT2D eigenvalue weighted by Gasteiger charge is -2.42. The second-order valence-corrected chi connectivity index (χ2v) is 9.77. The van der Waals surface area contributed by atoms with Crippen LogP contribution < -0.4 is 5.32 Å². The van der Waals surface area contributed by atoms with Crippen LogP contribution in [0.1, 0.15) is 39.2 Å². The van der Waals surface area contributed by atoms with Gasteiger partial charge in [-0.05, 0) is 39.2 Å². The van der Waals surface area contributed by atoms with E-state index < -0.39 is 5.60 Å². The van der Waals surface area contributed by atoms with Gasteiger partial charge in [-0.1, -0.05) is 30.3 Å². The van der Waals surface area contributed by atoms with Crippen LogP contribution in [0.15, 0.2) is 30.3 Å². The third kappa shape index (κ3) is 4.48. The maximum atomic E-state index is 12.7. The van der Waals surface area contributed by atoms with Gasteiger partial charge in [0.15, 0.2) is 0 Å². The van der Waals surface area contributed by atoms with Gasteiger partial charge in [0.2, 0.25) is 5.91 Å². The van der Waals surface area contributed by atoms with Gasteiger partial charge in [-0.15, -0.1) is 0 Å². The van der Waals surface area contributed by atoms with E-state index in [4.69, 9.17) is 9.47 Å². The molecule has 8 nitrogen and oxygen atoms in total. The van der Waals surface area contributed by atoms with Crippen molar-refractivity contribution in [3.63, 3.8) is 0 Å². The first kappa shape index (κ1) is 21.5. The summed E-state index contributed by atoms with van der Waals surface area (Å²) in [4.78, 5) is 41.0. The zero-order valence-corrected chi connectivity index (χ0v) is 18.4. The standard InChI is InChI=1S/C23H31N3O5/c1-22(2,3)31-21(29)25-11-9-23(10-12-25)18-14-26(13-17(18)19(27)24-23)20(28)30-15-16-7-5-4-6-8-16/h4-8,17-18H,9-15H2,1-3H3,(H,24,27)/t17-,18-/m1/s1. The SMILES string of the molecule is CC(C)(C)OC(=O)N1CCC2(CC1)NC(=O)[C@@H]1CN(C(=O)OCc3ccccc3)C[C@H]12. The molecule has 168 valence electrons. The Morgan fingerprint density at radius 3 is 2.39 bits per heavy atom. The summed E-state index contributed by atoms with van der Waals surface area (Å²) in [5.74, 6) is -0.198. The van der Waals surface area contributed by atoms with Crippen molar-refractivity contribution in [1.82, 2.24) is 15.1 Å². The fourth-order valence-electron chi connectivity index (χ4n) is 4.93. The molecular weight excluding hydrogens is 398 g/mol. The molecule has 0 aliphatic carbocycles. The summed E-state index contributed by atoms with van der Waals surface area (Å²) in [6.07, 6.45) is 0.617. The summed E-state index contributed by atoms with van der Waals surface area (Å²) in [7, 11) is 0. The van der Waals surface area contributed by atoms with E-state index in [9.17, 15) is 14.4 Å². The van der Waals surface area contributed by atoms with Crippen molar-refractivity contribution in [2.75, 3.05) is 26.2 Å². The van der Waals surface area contributed by atoms with Crippen molar-refractivity contribution in [1.29, 1.82) is 0 Å². The van der Waals surface area contributed by atoms with Crippen molar-refractivity contribution < 1.29 is 23.9 Å². The Labute approximate surface area is 182 Å². The van der Waals surface area contributed by atoms with Gasteiger partial charge >= 0.3 is 12.2 Å². The molecule has 31 heavy (non-hydrogen) atoms. The number of likely N-dealkylation sites (tertiary alicyclic amines) is 2. The van der Waals surface area contributed by atoms with Crippen LogP contribution in [0, 0.1) is 11.8 Å². The molecular formula is C23H31N3O5. The number of ether oxygens (including phenoxy) is 2. The van der Waals surface area contributed by atoms with Crippen LogP contribution in [0.2, 0.25) is 0 Å². The fourth-order valence-corrected chi connectivity index (χ4v) is 4.93. The minimum atomic E-state index is -0.537. The third-order valence-corrected chi connectivity index (χ3v) is 6.51. The van der Waals surface area contributed by atoms with Crippen molar-refractivity contribution in [2.24, 2.45) is 11.8 Å². The molecule has 4 rings (SSSR count). The Morgan fingerprint density at radius 1 is 1.06 bits per heavy atom. The smallest absolute Gasteiger partial charge is 0.410 e. The van der Waals surface area contributed by atoms with E-state index in [0.717, 1.165) is 5.56 Å². The molecule has 3 heterocycles. The molecule has 3 aliphatic heterocycles. The maximum absolute atomic E-state index is 12.7. The van der Waals surface area contributed by atoms with Crippen LogP contribution in [-0.2, 0) is 20.9 Å². The molecule has 0 unspecified atom stereocenters. The van der Waals surface area contributed by atoms with Crippen molar-refractivity contribution in [2.45, 2.75) is 51.4 Å². The lowest BCUT2D eigenvalue weighted by molar-refractivity contribution is -0.123. The maximum Gasteiger partial charge on any atom is 0.410 e. The monoisotopic (exact) mass is 429 g/mol. The molecule has 0 radical (unpaired) electrons. The molecule has 3 saturated heterocycles. The van der Waals surface area contributed by atoms with Crippen molar-refractivity contribution in [3.8, 4) is 0 Å². The number of carbonyl (C=O) groups is 3. The molecule has 8 heteroatoms. The van der Waals surface area contributed by atoms with Gasteiger partial charge in [0.1, 0.15) is 12.2 Å². The highest BCUT2D eigenvalue weighted by molar-refractivity contribution is 5.85. The molecule has 2 atom stereocenters. The molecule has 0 bridgehead atoms. The number of fused-ring (bicyclic) bond motifs is 2. The number of hydrogen-bond donors (Lipinski definition) is 1. The van der Waals surface area contributed by atoms with E-state index in [0.29, 0.717) is 39.0 Å². The van der Waals surface area contributed by atoms with E-state index in [1.54, 1.807) is 9.80 Å². The Bertz CT molecular complexity index is 843.